The molecule has 1 aliphatic carbocycles. The van der Waals surface area contributed by atoms with E-state index < -0.39 is 0 Å². The van der Waals surface area contributed by atoms with E-state index in [0.717, 1.165) is 35.7 Å². The molecular weight excluding hydrogens is 230 g/mol. The fourth-order valence-corrected chi connectivity index (χ4v) is 2.16. The lowest BCUT2D eigenvalue weighted by molar-refractivity contribution is 0.174. The first-order valence-corrected chi connectivity index (χ1v) is 5.98. The lowest BCUT2D eigenvalue weighted by Crippen LogP contribution is -2.18. The number of hydrogen-bond donors (Lipinski definition) is 1. The van der Waals surface area contributed by atoms with Gasteiger partial charge in [-0.3, -0.25) is 0 Å². The number of benzene rings is 1. The van der Waals surface area contributed by atoms with Crippen molar-refractivity contribution in [3.8, 4) is 17.2 Å². The van der Waals surface area contributed by atoms with Gasteiger partial charge in [-0.1, -0.05) is 0 Å². The summed E-state index contributed by atoms with van der Waals surface area (Å²) in [7, 11) is 0. The van der Waals surface area contributed by atoms with Crippen LogP contribution in [0.5, 0.6) is 11.5 Å². The summed E-state index contributed by atoms with van der Waals surface area (Å²) < 4.78 is 12.6. The highest BCUT2D eigenvalue weighted by Crippen LogP contribution is 2.42. The Morgan fingerprint density at radius 3 is 2.89 bits per heavy atom. The van der Waals surface area contributed by atoms with Crippen LogP contribution < -0.4 is 15.2 Å². The quantitative estimate of drug-likeness (QED) is 0.869. The minimum Gasteiger partial charge on any atom is -0.454 e. The van der Waals surface area contributed by atoms with Crippen molar-refractivity contribution in [2.24, 2.45) is 5.73 Å². The second-order valence-corrected chi connectivity index (χ2v) is 4.86. The molecule has 4 rings (SSSR count). The number of rotatable bonds is 2. The van der Waals surface area contributed by atoms with Crippen molar-refractivity contribution < 1.29 is 9.47 Å². The van der Waals surface area contributed by atoms with Crippen LogP contribution in [0.3, 0.4) is 0 Å². The van der Waals surface area contributed by atoms with Crippen molar-refractivity contribution in [3.63, 3.8) is 0 Å². The zero-order valence-electron chi connectivity index (χ0n) is 9.80. The van der Waals surface area contributed by atoms with Crippen molar-refractivity contribution >= 4 is 0 Å². The first-order valence-electron chi connectivity index (χ1n) is 5.98. The summed E-state index contributed by atoms with van der Waals surface area (Å²) >= 11 is 0. The van der Waals surface area contributed by atoms with Crippen LogP contribution in [-0.2, 0) is 5.54 Å². The maximum atomic E-state index is 6.13. The summed E-state index contributed by atoms with van der Waals surface area (Å²) in [6, 6.07) is 5.84. The van der Waals surface area contributed by atoms with E-state index in [1.807, 2.05) is 29.0 Å². The van der Waals surface area contributed by atoms with Gasteiger partial charge in [0.25, 0.3) is 0 Å². The van der Waals surface area contributed by atoms with Crippen LogP contribution >= 0.6 is 0 Å². The molecule has 18 heavy (non-hydrogen) atoms. The summed E-state index contributed by atoms with van der Waals surface area (Å²) in [6.07, 6.45) is 5.82. The normalized spacial score (nSPS) is 18.9. The summed E-state index contributed by atoms with van der Waals surface area (Å²) in [5.41, 5.74) is 7.90. The van der Waals surface area contributed by atoms with E-state index in [0.29, 0.717) is 6.79 Å². The maximum Gasteiger partial charge on any atom is 0.231 e. The van der Waals surface area contributed by atoms with Crippen LogP contribution in [0, 0.1) is 0 Å². The average Bonchev–Trinajstić information content (AvgIpc) is 2.89. The van der Waals surface area contributed by atoms with Crippen LogP contribution in [0.2, 0.25) is 0 Å². The molecule has 0 spiro atoms. The molecule has 2 N–H and O–H groups in total. The van der Waals surface area contributed by atoms with Crippen molar-refractivity contribution in [2.75, 3.05) is 6.79 Å². The molecule has 0 radical (unpaired) electrons. The van der Waals surface area contributed by atoms with Gasteiger partial charge in [0.2, 0.25) is 6.79 Å². The Labute approximate surface area is 104 Å². The van der Waals surface area contributed by atoms with E-state index in [4.69, 9.17) is 15.2 Å². The number of nitrogens with two attached hydrogens (primary N) is 1. The van der Waals surface area contributed by atoms with E-state index in [2.05, 4.69) is 4.98 Å². The Morgan fingerprint density at radius 1 is 1.22 bits per heavy atom. The monoisotopic (exact) mass is 243 g/mol. The molecule has 0 bridgehead atoms. The van der Waals surface area contributed by atoms with Crippen molar-refractivity contribution in [2.45, 2.75) is 18.4 Å². The third-order valence-corrected chi connectivity index (χ3v) is 3.54. The zero-order valence-corrected chi connectivity index (χ0v) is 9.80. The Balaban J connectivity index is 1.72. The van der Waals surface area contributed by atoms with Gasteiger partial charge in [-0.25, -0.2) is 4.98 Å². The van der Waals surface area contributed by atoms with Gasteiger partial charge in [0, 0.05) is 12.3 Å². The second-order valence-electron chi connectivity index (χ2n) is 4.86. The van der Waals surface area contributed by atoms with Crippen LogP contribution in [-0.4, -0.2) is 16.3 Å². The van der Waals surface area contributed by atoms with E-state index >= 15 is 0 Å². The highest BCUT2D eigenvalue weighted by atomic mass is 16.7. The fourth-order valence-electron chi connectivity index (χ4n) is 2.16. The maximum absolute atomic E-state index is 6.13. The van der Waals surface area contributed by atoms with Gasteiger partial charge in [0.15, 0.2) is 11.5 Å². The summed E-state index contributed by atoms with van der Waals surface area (Å²) in [6.45, 7) is 0.292. The molecule has 1 aromatic carbocycles. The van der Waals surface area contributed by atoms with Gasteiger partial charge >= 0.3 is 0 Å². The van der Waals surface area contributed by atoms with Crippen LogP contribution in [0.1, 0.15) is 18.5 Å². The first kappa shape index (κ1) is 9.96. The highest BCUT2D eigenvalue weighted by molar-refractivity contribution is 5.50. The fraction of sp³-hybridized carbons (Fsp3) is 0.308. The molecular formula is C13H13N3O2. The Hall–Kier alpha value is -2.01. The van der Waals surface area contributed by atoms with Gasteiger partial charge in [-0.2, -0.15) is 0 Å². The predicted molar refractivity (Wildman–Crippen MR) is 64.8 cm³/mol. The first-order chi connectivity index (χ1) is 8.74. The molecule has 1 fully saturated rings. The molecule has 0 saturated heterocycles. The average molecular weight is 243 g/mol. The molecule has 1 saturated carbocycles. The number of nitrogens with zero attached hydrogens (tertiary/aromatic N) is 2. The molecule has 0 atom stereocenters. The topological polar surface area (TPSA) is 62.3 Å². The molecule has 0 unspecified atom stereocenters. The molecule has 1 aliphatic heterocycles. The molecule has 1 aromatic heterocycles. The zero-order chi connectivity index (χ0) is 12.2. The molecule has 2 aliphatic rings. The molecule has 5 nitrogen and oxygen atoms in total. The van der Waals surface area contributed by atoms with E-state index in [9.17, 15) is 0 Å². The Bertz CT molecular complexity index is 616. The lowest BCUT2D eigenvalue weighted by Gasteiger charge is -2.04. The largest absolute Gasteiger partial charge is 0.454 e. The minimum atomic E-state index is -0.193. The van der Waals surface area contributed by atoms with Gasteiger partial charge < -0.3 is 19.8 Å². The Morgan fingerprint density at radius 2 is 2.06 bits per heavy atom. The van der Waals surface area contributed by atoms with E-state index in [1.165, 1.54) is 0 Å². The smallest absolute Gasteiger partial charge is 0.231 e. The van der Waals surface area contributed by atoms with Crippen molar-refractivity contribution in [1.82, 2.24) is 9.55 Å². The molecule has 2 heterocycles. The number of ether oxygens (including phenoxy) is 2. The third-order valence-electron chi connectivity index (χ3n) is 3.54. The number of fused-ring (bicyclic) bond motifs is 1. The van der Waals surface area contributed by atoms with E-state index in [1.54, 1.807) is 6.33 Å². The predicted octanol–water partition coefficient (Wildman–Crippen LogP) is 1.55. The summed E-state index contributed by atoms with van der Waals surface area (Å²) in [5.74, 6) is 1.56. The SMILES string of the molecule is NC1(c2cn(-c3ccc4c(c3)OCO4)cn2)CC1. The van der Waals surface area contributed by atoms with Crippen LogP contribution in [0.15, 0.2) is 30.7 Å². The van der Waals surface area contributed by atoms with Gasteiger partial charge in [-0.05, 0) is 25.0 Å². The highest BCUT2D eigenvalue weighted by Gasteiger charge is 2.42. The van der Waals surface area contributed by atoms with Crippen molar-refractivity contribution in [1.29, 1.82) is 0 Å². The Kier molecular flexibility index (Phi) is 1.81. The number of aromatic nitrogens is 2. The molecule has 2 aromatic rings. The summed E-state index contributed by atoms with van der Waals surface area (Å²) in [5, 5.41) is 0. The van der Waals surface area contributed by atoms with Crippen LogP contribution in [0.25, 0.3) is 5.69 Å². The van der Waals surface area contributed by atoms with Crippen LogP contribution in [0.4, 0.5) is 0 Å². The number of imidazole rings is 1. The third kappa shape index (κ3) is 1.41. The second kappa shape index (κ2) is 3.26. The van der Waals surface area contributed by atoms with Crippen molar-refractivity contribution in [3.05, 3.63) is 36.4 Å². The lowest BCUT2D eigenvalue weighted by atomic mass is 10.2. The molecule has 5 heteroatoms. The molecule has 0 amide bonds. The van der Waals surface area contributed by atoms with Gasteiger partial charge in [-0.15, -0.1) is 0 Å². The van der Waals surface area contributed by atoms with E-state index in [-0.39, 0.29) is 5.54 Å². The standard InChI is InChI=1S/C13H13N3O2/c14-13(3-4-13)12-6-16(7-15-12)9-1-2-10-11(5-9)18-8-17-10/h1-2,5-7H,3-4,8,14H2. The summed E-state index contributed by atoms with van der Waals surface area (Å²) in [4.78, 5) is 4.39. The number of hydrogen-bond acceptors (Lipinski definition) is 4. The van der Waals surface area contributed by atoms with Gasteiger partial charge in [0.05, 0.1) is 23.2 Å². The van der Waals surface area contributed by atoms with Gasteiger partial charge in [0.1, 0.15) is 0 Å². The minimum absolute atomic E-state index is 0.193. The molecule has 92 valence electrons.